The fraction of sp³-hybridized carbons (Fsp3) is 0.600. The molecule has 0 saturated carbocycles. The highest BCUT2D eigenvalue weighted by Gasteiger charge is 2.17. The second-order valence-corrected chi connectivity index (χ2v) is 4.70. The van der Waals surface area contributed by atoms with Gasteiger partial charge in [-0.05, 0) is 31.5 Å². The van der Waals surface area contributed by atoms with E-state index < -0.39 is 0 Å². The first-order valence-corrected chi connectivity index (χ1v) is 6.62. The van der Waals surface area contributed by atoms with E-state index >= 15 is 0 Å². The summed E-state index contributed by atoms with van der Waals surface area (Å²) in [5.74, 6) is 1.93. The second-order valence-electron chi connectivity index (χ2n) is 4.70. The maximum atomic E-state index is 5.36. The Morgan fingerprint density at radius 2 is 1.50 bits per heavy atom. The minimum Gasteiger partial charge on any atom is -0.493 e. The molecule has 0 aliphatic heterocycles. The summed E-state index contributed by atoms with van der Waals surface area (Å²) >= 11 is 0. The number of hydrogen-bond acceptors (Lipinski definition) is 5. The Hall–Kier alpha value is -1.46. The van der Waals surface area contributed by atoms with Crippen molar-refractivity contribution >= 4 is 0 Å². The molecule has 0 spiro atoms. The van der Waals surface area contributed by atoms with Gasteiger partial charge in [0, 0.05) is 19.2 Å². The van der Waals surface area contributed by atoms with Crippen molar-refractivity contribution in [3.8, 4) is 17.2 Å². The molecule has 0 bridgehead atoms. The topological polar surface area (TPSA) is 49.0 Å². The molecule has 1 rings (SSSR count). The molecule has 0 amide bonds. The first-order chi connectivity index (χ1) is 9.57. The lowest BCUT2D eigenvalue weighted by molar-refractivity contribution is 0.167. The van der Waals surface area contributed by atoms with Gasteiger partial charge in [-0.3, -0.25) is 0 Å². The van der Waals surface area contributed by atoms with Crippen LogP contribution in [0.2, 0.25) is 0 Å². The Balaban J connectivity index is 3.00. The molecule has 1 aromatic carbocycles. The molecule has 0 fully saturated rings. The van der Waals surface area contributed by atoms with Crippen molar-refractivity contribution in [2.75, 3.05) is 35.0 Å². The summed E-state index contributed by atoms with van der Waals surface area (Å²) in [6.45, 7) is 4.83. The summed E-state index contributed by atoms with van der Waals surface area (Å²) in [5, 5.41) is 3.46. The van der Waals surface area contributed by atoms with Crippen molar-refractivity contribution in [1.29, 1.82) is 0 Å². The SMILES string of the molecule is COCC(C)NC(C)c1cc(OC)c(OC)c(OC)c1. The summed E-state index contributed by atoms with van der Waals surface area (Å²) in [7, 11) is 6.53. The Labute approximate surface area is 121 Å². The summed E-state index contributed by atoms with van der Waals surface area (Å²) in [6, 6.07) is 4.32. The zero-order valence-electron chi connectivity index (χ0n) is 13.1. The molecule has 2 unspecified atom stereocenters. The van der Waals surface area contributed by atoms with Crippen molar-refractivity contribution in [1.82, 2.24) is 5.32 Å². The molecule has 0 heterocycles. The third-order valence-corrected chi connectivity index (χ3v) is 3.14. The maximum absolute atomic E-state index is 5.36. The fourth-order valence-electron chi connectivity index (χ4n) is 2.17. The third kappa shape index (κ3) is 4.02. The van der Waals surface area contributed by atoms with E-state index in [1.54, 1.807) is 28.4 Å². The lowest BCUT2D eigenvalue weighted by Crippen LogP contribution is -2.32. The summed E-state index contributed by atoms with van der Waals surface area (Å²) in [6.07, 6.45) is 0. The van der Waals surface area contributed by atoms with E-state index in [2.05, 4.69) is 19.2 Å². The van der Waals surface area contributed by atoms with Gasteiger partial charge < -0.3 is 24.3 Å². The van der Waals surface area contributed by atoms with Gasteiger partial charge in [-0.1, -0.05) is 0 Å². The average Bonchev–Trinajstić information content (AvgIpc) is 2.45. The van der Waals surface area contributed by atoms with Gasteiger partial charge >= 0.3 is 0 Å². The van der Waals surface area contributed by atoms with Gasteiger partial charge in [0.25, 0.3) is 0 Å². The molecule has 5 heteroatoms. The quantitative estimate of drug-likeness (QED) is 0.794. The largest absolute Gasteiger partial charge is 0.493 e. The van der Waals surface area contributed by atoms with Crippen LogP contribution in [0.4, 0.5) is 0 Å². The number of benzene rings is 1. The van der Waals surface area contributed by atoms with Crippen molar-refractivity contribution in [2.45, 2.75) is 25.9 Å². The Bertz CT molecular complexity index is 397. The first-order valence-electron chi connectivity index (χ1n) is 6.62. The smallest absolute Gasteiger partial charge is 0.203 e. The lowest BCUT2D eigenvalue weighted by atomic mass is 10.1. The molecule has 20 heavy (non-hydrogen) atoms. The number of nitrogens with one attached hydrogen (secondary N) is 1. The van der Waals surface area contributed by atoms with Crippen molar-refractivity contribution < 1.29 is 18.9 Å². The van der Waals surface area contributed by atoms with Crippen LogP contribution in [0.5, 0.6) is 17.2 Å². The van der Waals surface area contributed by atoms with Crippen LogP contribution in [0.25, 0.3) is 0 Å². The van der Waals surface area contributed by atoms with Gasteiger partial charge in [-0.25, -0.2) is 0 Å². The Kier molecular flexibility index (Phi) is 6.61. The molecule has 0 saturated heterocycles. The summed E-state index contributed by atoms with van der Waals surface area (Å²) < 4.78 is 21.2. The molecule has 0 aromatic heterocycles. The van der Waals surface area contributed by atoms with Gasteiger partial charge in [0.2, 0.25) is 5.75 Å². The number of rotatable bonds is 8. The van der Waals surface area contributed by atoms with E-state index in [1.165, 1.54) is 0 Å². The summed E-state index contributed by atoms with van der Waals surface area (Å²) in [5.41, 5.74) is 1.07. The first kappa shape index (κ1) is 16.6. The van der Waals surface area contributed by atoms with Gasteiger partial charge in [0.1, 0.15) is 0 Å². The molecular formula is C15H25NO4. The highest BCUT2D eigenvalue weighted by molar-refractivity contribution is 5.54. The highest BCUT2D eigenvalue weighted by atomic mass is 16.5. The van der Waals surface area contributed by atoms with Crippen molar-refractivity contribution in [3.63, 3.8) is 0 Å². The predicted molar refractivity (Wildman–Crippen MR) is 79.0 cm³/mol. The zero-order valence-corrected chi connectivity index (χ0v) is 13.1. The average molecular weight is 283 g/mol. The Morgan fingerprint density at radius 1 is 0.950 bits per heavy atom. The van der Waals surface area contributed by atoms with E-state index in [4.69, 9.17) is 18.9 Å². The van der Waals surface area contributed by atoms with Gasteiger partial charge in [0.05, 0.1) is 27.9 Å². The molecule has 0 radical (unpaired) electrons. The van der Waals surface area contributed by atoms with Crippen LogP contribution < -0.4 is 19.5 Å². The van der Waals surface area contributed by atoms with Crippen LogP contribution in [0.15, 0.2) is 12.1 Å². The Morgan fingerprint density at radius 3 is 1.90 bits per heavy atom. The van der Waals surface area contributed by atoms with Crippen molar-refractivity contribution in [2.24, 2.45) is 0 Å². The van der Waals surface area contributed by atoms with Crippen LogP contribution in [0, 0.1) is 0 Å². The molecular weight excluding hydrogens is 258 g/mol. The lowest BCUT2D eigenvalue weighted by Gasteiger charge is -2.22. The zero-order chi connectivity index (χ0) is 15.1. The van der Waals surface area contributed by atoms with Crippen LogP contribution in [0.1, 0.15) is 25.5 Å². The van der Waals surface area contributed by atoms with E-state index in [0.29, 0.717) is 23.9 Å². The molecule has 5 nitrogen and oxygen atoms in total. The predicted octanol–water partition coefficient (Wildman–Crippen LogP) is 2.40. The molecule has 0 aliphatic rings. The van der Waals surface area contributed by atoms with Crippen molar-refractivity contribution in [3.05, 3.63) is 17.7 Å². The number of hydrogen-bond donors (Lipinski definition) is 1. The normalized spacial score (nSPS) is 13.7. The molecule has 2 atom stereocenters. The second kappa shape index (κ2) is 7.97. The van der Waals surface area contributed by atoms with Gasteiger partial charge in [0.15, 0.2) is 11.5 Å². The van der Waals surface area contributed by atoms with E-state index in [0.717, 1.165) is 5.56 Å². The third-order valence-electron chi connectivity index (χ3n) is 3.14. The van der Waals surface area contributed by atoms with Crippen LogP contribution in [0.3, 0.4) is 0 Å². The van der Waals surface area contributed by atoms with Gasteiger partial charge in [-0.2, -0.15) is 0 Å². The van der Waals surface area contributed by atoms with E-state index in [9.17, 15) is 0 Å². The number of ether oxygens (including phenoxy) is 4. The van der Waals surface area contributed by atoms with Gasteiger partial charge in [-0.15, -0.1) is 0 Å². The highest BCUT2D eigenvalue weighted by Crippen LogP contribution is 2.39. The van der Waals surface area contributed by atoms with Crippen LogP contribution in [-0.2, 0) is 4.74 Å². The molecule has 114 valence electrons. The molecule has 1 aromatic rings. The van der Waals surface area contributed by atoms with E-state index in [-0.39, 0.29) is 12.1 Å². The minimum absolute atomic E-state index is 0.147. The molecule has 1 N–H and O–H groups in total. The van der Waals surface area contributed by atoms with Crippen LogP contribution in [-0.4, -0.2) is 41.1 Å². The fourth-order valence-corrected chi connectivity index (χ4v) is 2.17. The van der Waals surface area contributed by atoms with E-state index in [1.807, 2.05) is 12.1 Å². The summed E-state index contributed by atoms with van der Waals surface area (Å²) in [4.78, 5) is 0. The molecule has 0 aliphatic carbocycles. The van der Waals surface area contributed by atoms with Crippen LogP contribution >= 0.6 is 0 Å². The number of methoxy groups -OCH3 is 4. The minimum atomic E-state index is 0.147. The maximum Gasteiger partial charge on any atom is 0.203 e. The monoisotopic (exact) mass is 283 g/mol. The standard InChI is InChI=1S/C15H25NO4/c1-10(9-17-3)16-11(2)12-7-13(18-4)15(20-6)14(8-12)19-5/h7-8,10-11,16H,9H2,1-6H3.